The average Bonchev–Trinajstić information content (AvgIpc) is 2.77. The molecule has 190 valence electrons. The smallest absolute Gasteiger partial charge is 0.408 e. The summed E-state index contributed by atoms with van der Waals surface area (Å²) in [7, 11) is 1.60. The van der Waals surface area contributed by atoms with E-state index in [1.807, 2.05) is 75.4 Å². The van der Waals surface area contributed by atoms with Gasteiger partial charge in [-0.1, -0.05) is 68.4 Å². The number of rotatable bonds is 9. The molecule has 7 heteroatoms. The van der Waals surface area contributed by atoms with Crippen LogP contribution in [0.3, 0.4) is 0 Å². The Morgan fingerprint density at radius 2 is 1.57 bits per heavy atom. The minimum Gasteiger partial charge on any atom is -0.444 e. The fourth-order valence-electron chi connectivity index (χ4n) is 3.82. The maximum atomic E-state index is 13.7. The first-order valence-electron chi connectivity index (χ1n) is 12.0. The Hall–Kier alpha value is -3.35. The first-order chi connectivity index (χ1) is 16.4. The molecule has 0 aromatic heterocycles. The first kappa shape index (κ1) is 27.9. The molecule has 0 fully saturated rings. The molecule has 2 rings (SSSR count). The molecule has 2 aromatic rings. The molecule has 0 aliphatic heterocycles. The summed E-state index contributed by atoms with van der Waals surface area (Å²) in [5.41, 5.74) is 1.90. The third-order valence-corrected chi connectivity index (χ3v) is 5.47. The van der Waals surface area contributed by atoms with Gasteiger partial charge in [-0.3, -0.25) is 9.59 Å². The second kappa shape index (κ2) is 12.4. The van der Waals surface area contributed by atoms with Gasteiger partial charge in [0, 0.05) is 13.6 Å². The van der Waals surface area contributed by atoms with Crippen LogP contribution >= 0.6 is 0 Å². The van der Waals surface area contributed by atoms with Crippen LogP contribution in [0.2, 0.25) is 0 Å². The third-order valence-electron chi connectivity index (χ3n) is 5.47. The fraction of sp³-hybridized carbons (Fsp3) is 0.464. The number of benzene rings is 2. The summed E-state index contributed by atoms with van der Waals surface area (Å²) in [5, 5.41) is 5.69. The Kier molecular flexibility index (Phi) is 9.87. The Labute approximate surface area is 209 Å². The highest BCUT2D eigenvalue weighted by Crippen LogP contribution is 2.25. The summed E-state index contributed by atoms with van der Waals surface area (Å²) in [6, 6.07) is 15.4. The summed E-state index contributed by atoms with van der Waals surface area (Å²) in [6.07, 6.45) is -0.250. The number of alkyl carbamates (subject to hydrolysis) is 1. The van der Waals surface area contributed by atoms with Crippen molar-refractivity contribution in [2.24, 2.45) is 5.92 Å². The molecule has 0 aliphatic rings. The van der Waals surface area contributed by atoms with Crippen LogP contribution in [-0.2, 0) is 20.9 Å². The van der Waals surface area contributed by atoms with E-state index in [0.717, 1.165) is 16.7 Å². The van der Waals surface area contributed by atoms with Crippen LogP contribution in [0, 0.1) is 12.8 Å². The number of hydrogen-bond acceptors (Lipinski definition) is 4. The van der Waals surface area contributed by atoms with Gasteiger partial charge in [0.05, 0.1) is 0 Å². The van der Waals surface area contributed by atoms with E-state index >= 15 is 0 Å². The van der Waals surface area contributed by atoms with E-state index in [2.05, 4.69) is 10.6 Å². The van der Waals surface area contributed by atoms with Gasteiger partial charge in [0.25, 0.3) is 0 Å². The quantitative estimate of drug-likeness (QED) is 0.541. The van der Waals surface area contributed by atoms with Crippen molar-refractivity contribution in [3.05, 3.63) is 71.3 Å². The van der Waals surface area contributed by atoms with E-state index in [1.54, 1.807) is 27.8 Å². The zero-order chi connectivity index (χ0) is 26.2. The summed E-state index contributed by atoms with van der Waals surface area (Å²) in [6.45, 7) is 11.5. The standard InChI is InChI=1S/C28H39N3O4/c1-19(2)17-23(30-27(34)35-28(4,5)6)26(33)31(7)24(22-16-12-11-13-20(22)3)25(32)29-18-21-14-9-8-10-15-21/h8-16,19,23-24H,17-18H2,1-7H3,(H,29,32)(H,30,34). The molecule has 35 heavy (non-hydrogen) atoms. The Morgan fingerprint density at radius 1 is 0.971 bits per heavy atom. The van der Waals surface area contributed by atoms with Crippen LogP contribution in [0.15, 0.2) is 54.6 Å². The Balaban J connectivity index is 2.32. The van der Waals surface area contributed by atoms with Crippen LogP contribution in [0.1, 0.15) is 63.8 Å². The number of ether oxygens (including phenoxy) is 1. The zero-order valence-electron chi connectivity index (χ0n) is 21.9. The molecular weight excluding hydrogens is 442 g/mol. The van der Waals surface area contributed by atoms with Crippen molar-refractivity contribution in [1.82, 2.24) is 15.5 Å². The van der Waals surface area contributed by atoms with Crippen LogP contribution < -0.4 is 10.6 Å². The van der Waals surface area contributed by atoms with Gasteiger partial charge in [0.2, 0.25) is 11.8 Å². The van der Waals surface area contributed by atoms with Crippen molar-refractivity contribution < 1.29 is 19.1 Å². The molecule has 7 nitrogen and oxygen atoms in total. The Morgan fingerprint density at radius 3 is 2.14 bits per heavy atom. The molecule has 2 atom stereocenters. The highest BCUT2D eigenvalue weighted by Gasteiger charge is 2.34. The lowest BCUT2D eigenvalue weighted by molar-refractivity contribution is -0.141. The van der Waals surface area contributed by atoms with E-state index in [0.29, 0.717) is 13.0 Å². The molecule has 0 radical (unpaired) electrons. The van der Waals surface area contributed by atoms with Crippen LogP contribution in [0.4, 0.5) is 4.79 Å². The second-order valence-corrected chi connectivity index (χ2v) is 10.2. The highest BCUT2D eigenvalue weighted by molar-refractivity contribution is 5.92. The number of aryl methyl sites for hydroxylation is 1. The maximum Gasteiger partial charge on any atom is 0.408 e. The number of nitrogens with one attached hydrogen (secondary N) is 2. The number of carbonyl (C=O) groups excluding carboxylic acids is 3. The van der Waals surface area contributed by atoms with E-state index in [9.17, 15) is 14.4 Å². The van der Waals surface area contributed by atoms with Gasteiger partial charge >= 0.3 is 6.09 Å². The molecule has 0 aliphatic carbocycles. The molecule has 0 spiro atoms. The normalized spacial score (nSPS) is 13.0. The summed E-state index contributed by atoms with van der Waals surface area (Å²) >= 11 is 0. The summed E-state index contributed by atoms with van der Waals surface area (Å²) in [5.74, 6) is -0.511. The molecule has 3 amide bonds. The van der Waals surface area contributed by atoms with Gasteiger partial charge in [-0.2, -0.15) is 0 Å². The van der Waals surface area contributed by atoms with Gasteiger partial charge < -0.3 is 20.3 Å². The molecule has 0 saturated heterocycles. The minimum atomic E-state index is -0.859. The van der Waals surface area contributed by atoms with Crippen LogP contribution in [0.25, 0.3) is 0 Å². The highest BCUT2D eigenvalue weighted by atomic mass is 16.6. The van der Waals surface area contributed by atoms with Crippen molar-refractivity contribution in [1.29, 1.82) is 0 Å². The maximum absolute atomic E-state index is 13.7. The molecule has 0 saturated carbocycles. The SMILES string of the molecule is Cc1ccccc1C(C(=O)NCc1ccccc1)N(C)C(=O)C(CC(C)C)NC(=O)OC(C)(C)C. The number of nitrogens with zero attached hydrogens (tertiary/aromatic N) is 1. The van der Waals surface area contributed by atoms with Crippen LogP contribution in [-0.4, -0.2) is 41.5 Å². The Bertz CT molecular complexity index is 999. The van der Waals surface area contributed by atoms with Crippen molar-refractivity contribution in [2.45, 2.75) is 72.2 Å². The topological polar surface area (TPSA) is 87.7 Å². The molecule has 2 unspecified atom stereocenters. The minimum absolute atomic E-state index is 0.135. The van der Waals surface area contributed by atoms with Gasteiger partial charge in [0.15, 0.2) is 0 Å². The number of amides is 3. The van der Waals surface area contributed by atoms with Gasteiger partial charge in [0.1, 0.15) is 17.7 Å². The lowest BCUT2D eigenvalue weighted by Gasteiger charge is -2.32. The zero-order valence-corrected chi connectivity index (χ0v) is 21.9. The van der Waals surface area contributed by atoms with Crippen molar-refractivity contribution in [3.63, 3.8) is 0 Å². The van der Waals surface area contributed by atoms with Crippen molar-refractivity contribution >= 4 is 17.9 Å². The lowest BCUT2D eigenvalue weighted by atomic mass is 9.97. The first-order valence-corrected chi connectivity index (χ1v) is 12.0. The van der Waals surface area contributed by atoms with E-state index in [-0.39, 0.29) is 17.7 Å². The van der Waals surface area contributed by atoms with Crippen molar-refractivity contribution in [2.75, 3.05) is 7.05 Å². The summed E-state index contributed by atoms with van der Waals surface area (Å²) in [4.78, 5) is 41.0. The number of carbonyl (C=O) groups is 3. The average molecular weight is 482 g/mol. The van der Waals surface area contributed by atoms with E-state index in [1.165, 1.54) is 4.90 Å². The third kappa shape index (κ3) is 8.74. The predicted octanol–water partition coefficient (Wildman–Crippen LogP) is 4.75. The predicted molar refractivity (Wildman–Crippen MR) is 138 cm³/mol. The molecule has 0 bridgehead atoms. The molecule has 2 aromatic carbocycles. The number of hydrogen-bond donors (Lipinski definition) is 2. The van der Waals surface area contributed by atoms with Crippen molar-refractivity contribution in [3.8, 4) is 0 Å². The van der Waals surface area contributed by atoms with Gasteiger partial charge in [-0.15, -0.1) is 0 Å². The van der Waals surface area contributed by atoms with E-state index in [4.69, 9.17) is 4.74 Å². The van der Waals surface area contributed by atoms with E-state index < -0.39 is 23.8 Å². The second-order valence-electron chi connectivity index (χ2n) is 10.2. The fourth-order valence-corrected chi connectivity index (χ4v) is 3.82. The monoisotopic (exact) mass is 481 g/mol. The largest absolute Gasteiger partial charge is 0.444 e. The molecular formula is C28H39N3O4. The van der Waals surface area contributed by atoms with Gasteiger partial charge in [-0.25, -0.2) is 4.79 Å². The number of likely N-dealkylation sites (N-methyl/N-ethyl adjacent to an activating group) is 1. The molecule has 2 N–H and O–H groups in total. The lowest BCUT2D eigenvalue weighted by Crippen LogP contribution is -2.52. The van der Waals surface area contributed by atoms with Crippen LogP contribution in [0.5, 0.6) is 0 Å². The summed E-state index contributed by atoms with van der Waals surface area (Å²) < 4.78 is 5.38. The van der Waals surface area contributed by atoms with Gasteiger partial charge in [-0.05, 0) is 56.7 Å². The molecule has 0 heterocycles.